The SMILES string of the molecule is CC(=O)N1CCC(O)(c2cc3/c(=N/C(C)c4cccc(C(F)(F)F)c4C)ncn(C)c3c(=O)n2C)CC1. The molecule has 1 aromatic carbocycles. The van der Waals surface area contributed by atoms with E-state index in [1.165, 1.54) is 30.8 Å². The zero-order valence-electron chi connectivity index (χ0n) is 21.4. The lowest BCUT2D eigenvalue weighted by atomic mass is 9.87. The van der Waals surface area contributed by atoms with Crippen LogP contribution in [-0.4, -0.2) is 43.1 Å². The Bertz CT molecular complexity index is 1500. The number of aromatic nitrogens is 3. The highest BCUT2D eigenvalue weighted by molar-refractivity contribution is 5.77. The third kappa shape index (κ3) is 4.79. The van der Waals surface area contributed by atoms with E-state index in [2.05, 4.69) is 9.98 Å². The van der Waals surface area contributed by atoms with Crippen LogP contribution in [-0.2, 0) is 30.7 Å². The predicted molar refractivity (Wildman–Crippen MR) is 131 cm³/mol. The van der Waals surface area contributed by atoms with Gasteiger partial charge in [-0.05, 0) is 49.9 Å². The lowest BCUT2D eigenvalue weighted by Gasteiger charge is -2.38. The quantitative estimate of drug-likeness (QED) is 0.578. The fourth-order valence-electron chi connectivity index (χ4n) is 5.13. The monoisotopic (exact) mass is 517 g/mol. The number of hydrogen-bond acceptors (Lipinski definition) is 5. The maximum absolute atomic E-state index is 13.5. The molecule has 0 bridgehead atoms. The van der Waals surface area contributed by atoms with E-state index in [0.717, 1.165) is 6.07 Å². The van der Waals surface area contributed by atoms with Crippen LogP contribution in [0, 0.1) is 6.92 Å². The molecule has 2 aromatic heterocycles. The highest BCUT2D eigenvalue weighted by Crippen LogP contribution is 2.35. The molecule has 1 aliphatic rings. The largest absolute Gasteiger partial charge is 0.416 e. The van der Waals surface area contributed by atoms with Crippen molar-refractivity contribution in [2.45, 2.75) is 51.4 Å². The van der Waals surface area contributed by atoms with Crippen LogP contribution in [0.1, 0.15) is 55.1 Å². The number of alkyl halides is 3. The van der Waals surface area contributed by atoms with Crippen molar-refractivity contribution in [1.82, 2.24) is 19.0 Å². The highest BCUT2D eigenvalue weighted by atomic mass is 19.4. The molecule has 11 heteroatoms. The lowest BCUT2D eigenvalue weighted by molar-refractivity contribution is -0.138. The summed E-state index contributed by atoms with van der Waals surface area (Å²) >= 11 is 0. The molecule has 8 nitrogen and oxygen atoms in total. The first-order valence-electron chi connectivity index (χ1n) is 12.0. The molecule has 0 aliphatic carbocycles. The Morgan fingerprint density at radius 1 is 1.22 bits per heavy atom. The third-order valence-corrected chi connectivity index (χ3v) is 7.31. The maximum Gasteiger partial charge on any atom is 0.416 e. The number of pyridine rings is 1. The van der Waals surface area contributed by atoms with Gasteiger partial charge in [0.25, 0.3) is 5.56 Å². The van der Waals surface area contributed by atoms with Gasteiger partial charge in [0, 0.05) is 34.1 Å². The fraction of sp³-hybridized carbons (Fsp3) is 0.462. The second kappa shape index (κ2) is 9.44. The second-order valence-electron chi connectivity index (χ2n) is 9.70. The fourth-order valence-corrected chi connectivity index (χ4v) is 5.13. The molecule has 0 saturated carbocycles. The zero-order valence-corrected chi connectivity index (χ0v) is 21.4. The van der Waals surface area contributed by atoms with Crippen molar-refractivity contribution in [3.05, 3.63) is 68.8 Å². The number of likely N-dealkylation sites (tertiary alicyclic amines) is 1. The topological polar surface area (TPSA) is 92.7 Å². The van der Waals surface area contributed by atoms with Gasteiger partial charge in [0.05, 0.1) is 29.0 Å². The number of halogens is 3. The summed E-state index contributed by atoms with van der Waals surface area (Å²) in [5.41, 5.74) is -1.07. The number of carbonyl (C=O) groups excluding carboxylic acids is 1. The van der Waals surface area contributed by atoms with Crippen LogP contribution in [0.2, 0.25) is 0 Å². The molecule has 1 fully saturated rings. The summed E-state index contributed by atoms with van der Waals surface area (Å²) in [5, 5.41) is 11.9. The van der Waals surface area contributed by atoms with Gasteiger partial charge in [0.2, 0.25) is 5.91 Å². The average molecular weight is 518 g/mol. The number of aryl methyl sites for hydroxylation is 1. The number of piperidine rings is 1. The van der Waals surface area contributed by atoms with E-state index in [1.54, 1.807) is 42.6 Å². The first-order valence-corrected chi connectivity index (χ1v) is 12.0. The molecule has 198 valence electrons. The summed E-state index contributed by atoms with van der Waals surface area (Å²) in [5.74, 6) is -0.0781. The molecular formula is C26H30F3N5O3. The number of rotatable bonds is 3. The Morgan fingerprint density at radius 3 is 2.46 bits per heavy atom. The van der Waals surface area contributed by atoms with Gasteiger partial charge in [0.1, 0.15) is 11.1 Å². The number of amides is 1. The minimum Gasteiger partial charge on any atom is -0.383 e. The summed E-state index contributed by atoms with van der Waals surface area (Å²) in [6.07, 6.45) is -2.54. The minimum absolute atomic E-state index is 0.0781. The van der Waals surface area contributed by atoms with Crippen molar-refractivity contribution >= 4 is 16.8 Å². The van der Waals surface area contributed by atoms with Crippen LogP contribution in [0.5, 0.6) is 0 Å². The van der Waals surface area contributed by atoms with Crippen molar-refractivity contribution in [2.75, 3.05) is 13.1 Å². The zero-order chi connectivity index (χ0) is 27.3. The first kappa shape index (κ1) is 26.6. The van der Waals surface area contributed by atoms with Gasteiger partial charge in [-0.25, -0.2) is 4.98 Å². The van der Waals surface area contributed by atoms with Gasteiger partial charge >= 0.3 is 6.18 Å². The van der Waals surface area contributed by atoms with Gasteiger partial charge in [-0.3, -0.25) is 14.6 Å². The van der Waals surface area contributed by atoms with E-state index in [1.807, 2.05) is 0 Å². The van der Waals surface area contributed by atoms with Crippen molar-refractivity contribution in [1.29, 1.82) is 0 Å². The predicted octanol–water partition coefficient (Wildman–Crippen LogP) is 3.09. The van der Waals surface area contributed by atoms with Gasteiger partial charge in [-0.1, -0.05) is 12.1 Å². The lowest BCUT2D eigenvalue weighted by Crippen LogP contribution is -2.46. The van der Waals surface area contributed by atoms with E-state index >= 15 is 0 Å². The van der Waals surface area contributed by atoms with E-state index in [9.17, 15) is 27.9 Å². The summed E-state index contributed by atoms with van der Waals surface area (Å²) in [4.78, 5) is 35.8. The van der Waals surface area contributed by atoms with Crippen molar-refractivity contribution in [3.8, 4) is 0 Å². The van der Waals surface area contributed by atoms with Gasteiger partial charge in [-0.2, -0.15) is 13.2 Å². The smallest absolute Gasteiger partial charge is 0.383 e. The maximum atomic E-state index is 13.5. The number of benzene rings is 1. The number of carbonyl (C=O) groups is 1. The molecule has 1 saturated heterocycles. The minimum atomic E-state index is -4.49. The van der Waals surface area contributed by atoms with Crippen LogP contribution in [0.25, 0.3) is 10.9 Å². The van der Waals surface area contributed by atoms with Crippen molar-refractivity contribution < 1.29 is 23.1 Å². The summed E-state index contributed by atoms with van der Waals surface area (Å²) in [6.45, 7) is 5.26. The molecule has 1 atom stereocenters. The Balaban J connectivity index is 1.88. The molecule has 3 heterocycles. The van der Waals surface area contributed by atoms with E-state index in [0.29, 0.717) is 35.2 Å². The molecule has 3 aromatic rings. The molecule has 0 radical (unpaired) electrons. The van der Waals surface area contributed by atoms with Crippen molar-refractivity contribution in [2.24, 2.45) is 19.1 Å². The second-order valence-corrected chi connectivity index (χ2v) is 9.70. The molecule has 1 unspecified atom stereocenters. The van der Waals surface area contributed by atoms with Crippen LogP contribution >= 0.6 is 0 Å². The van der Waals surface area contributed by atoms with Gasteiger partial charge in [-0.15, -0.1) is 0 Å². The number of hydrogen-bond donors (Lipinski definition) is 1. The van der Waals surface area contributed by atoms with Crippen LogP contribution in [0.3, 0.4) is 0 Å². The number of aliphatic hydroxyl groups is 1. The Kier molecular flexibility index (Phi) is 6.78. The molecule has 37 heavy (non-hydrogen) atoms. The van der Waals surface area contributed by atoms with Crippen molar-refractivity contribution in [3.63, 3.8) is 0 Å². The summed E-state index contributed by atoms with van der Waals surface area (Å²) in [7, 11) is 3.25. The van der Waals surface area contributed by atoms with E-state index in [4.69, 9.17) is 0 Å². The van der Waals surface area contributed by atoms with E-state index < -0.39 is 23.4 Å². The molecule has 1 aliphatic heterocycles. The molecule has 1 N–H and O–H groups in total. The summed E-state index contributed by atoms with van der Waals surface area (Å²) < 4.78 is 43.3. The van der Waals surface area contributed by atoms with E-state index in [-0.39, 0.29) is 35.4 Å². The standard InChI is InChI=1S/C26H30F3N5O3/c1-15-18(7-6-8-20(15)26(27,28)29)16(2)31-23-19-13-21(25(37)9-11-34(12-10-25)17(3)35)33(5)24(36)22(19)32(4)14-30-23/h6-8,13-14,16,37H,9-12H2,1-5H3/b31-23-. The Labute approximate surface area is 211 Å². The molecule has 4 rings (SSSR count). The average Bonchev–Trinajstić information content (AvgIpc) is 2.82. The first-order chi connectivity index (χ1) is 17.2. The van der Waals surface area contributed by atoms with Crippen LogP contribution < -0.4 is 11.0 Å². The van der Waals surface area contributed by atoms with Gasteiger partial charge < -0.3 is 19.1 Å². The number of fused-ring (bicyclic) bond motifs is 1. The van der Waals surface area contributed by atoms with Crippen LogP contribution in [0.4, 0.5) is 13.2 Å². The van der Waals surface area contributed by atoms with Crippen LogP contribution in [0.15, 0.2) is 40.4 Å². The Hall–Kier alpha value is -3.47. The molecular weight excluding hydrogens is 487 g/mol. The third-order valence-electron chi connectivity index (χ3n) is 7.31. The van der Waals surface area contributed by atoms with Gasteiger partial charge in [0.15, 0.2) is 5.49 Å². The highest BCUT2D eigenvalue weighted by Gasteiger charge is 2.37. The normalized spacial score (nSPS) is 17.3. The number of nitrogens with zero attached hydrogens (tertiary/aromatic N) is 5. The summed E-state index contributed by atoms with van der Waals surface area (Å²) in [6, 6.07) is 4.98. The molecule has 1 amide bonds. The molecule has 0 spiro atoms. The Morgan fingerprint density at radius 2 is 1.86 bits per heavy atom.